The monoisotopic (exact) mass is 307 g/mol. The van der Waals surface area contributed by atoms with Crippen molar-refractivity contribution in [3.05, 3.63) is 35.9 Å². The molecule has 1 aliphatic rings. The average Bonchev–Trinajstić information content (AvgIpc) is 2.60. The number of nitriles is 1. The molecule has 0 N–H and O–H groups in total. The lowest BCUT2D eigenvalue weighted by molar-refractivity contribution is -0.134. The topological polar surface area (TPSA) is 56.5 Å². The van der Waals surface area contributed by atoms with Crippen molar-refractivity contribution in [1.82, 2.24) is 4.90 Å². The van der Waals surface area contributed by atoms with Crippen molar-refractivity contribution >= 4 is 11.7 Å². The van der Waals surface area contributed by atoms with Gasteiger partial charge in [-0.05, 0) is 12.8 Å². The van der Waals surface area contributed by atoms with Gasteiger partial charge in [-0.15, -0.1) is 6.42 Å². The summed E-state index contributed by atoms with van der Waals surface area (Å²) in [6.07, 6.45) is 7.03. The molecule has 0 spiro atoms. The molecule has 1 aromatic carbocycles. The number of hydrogen-bond acceptors (Lipinski definition) is 3. The third kappa shape index (κ3) is 2.98. The average molecular weight is 307 g/mol. The molecule has 1 atom stereocenters. The largest absolute Gasteiger partial charge is 0.284 e. The van der Waals surface area contributed by atoms with Gasteiger partial charge in [0.05, 0.1) is 24.1 Å². The number of benzene rings is 1. The molecule has 118 valence electrons. The lowest BCUT2D eigenvalue weighted by Crippen LogP contribution is -2.55. The van der Waals surface area contributed by atoms with Crippen molar-refractivity contribution < 1.29 is 4.79 Å². The molecule has 1 aromatic rings. The molecule has 0 aliphatic carbocycles. The Bertz CT molecular complexity index is 675. The van der Waals surface area contributed by atoms with Gasteiger partial charge in [0.15, 0.2) is 0 Å². The normalized spacial score (nSPS) is 19.7. The van der Waals surface area contributed by atoms with Crippen molar-refractivity contribution in [2.45, 2.75) is 38.6 Å². The minimum Gasteiger partial charge on any atom is -0.284 e. The predicted octanol–water partition coefficient (Wildman–Crippen LogP) is 3.00. The Kier molecular flexibility index (Phi) is 5.19. The number of nitrogens with zero attached hydrogens (tertiary/aromatic N) is 3. The van der Waals surface area contributed by atoms with E-state index in [0.29, 0.717) is 18.7 Å². The van der Waals surface area contributed by atoms with Gasteiger partial charge in [0.25, 0.3) is 0 Å². The molecule has 2 rings (SSSR count). The van der Waals surface area contributed by atoms with Crippen LogP contribution in [0.4, 0.5) is 0 Å². The number of amidine groups is 1. The lowest BCUT2D eigenvalue weighted by Gasteiger charge is -2.42. The number of terminal acetylenes is 1. The molecule has 0 fully saturated rings. The van der Waals surface area contributed by atoms with E-state index in [1.165, 1.54) is 0 Å². The van der Waals surface area contributed by atoms with Crippen LogP contribution in [-0.2, 0) is 4.79 Å². The molecule has 1 amide bonds. The molecule has 0 radical (unpaired) electrons. The van der Waals surface area contributed by atoms with Gasteiger partial charge in [-0.1, -0.05) is 50.1 Å². The van der Waals surface area contributed by atoms with E-state index in [2.05, 4.69) is 12.0 Å². The van der Waals surface area contributed by atoms with E-state index in [-0.39, 0.29) is 18.9 Å². The molecule has 1 heterocycles. The SMILES string of the molecule is C#CCN1C(=O)C(CC#N)C(CC)(CC)N=C1c1ccccc1. The fourth-order valence-corrected chi connectivity index (χ4v) is 3.19. The fraction of sp³-hybridized carbons (Fsp3) is 0.421. The van der Waals surface area contributed by atoms with Gasteiger partial charge in [0, 0.05) is 12.0 Å². The number of amides is 1. The summed E-state index contributed by atoms with van der Waals surface area (Å²) >= 11 is 0. The van der Waals surface area contributed by atoms with Gasteiger partial charge >= 0.3 is 0 Å². The van der Waals surface area contributed by atoms with Crippen LogP contribution in [0, 0.1) is 29.6 Å². The molecule has 4 heteroatoms. The zero-order valence-corrected chi connectivity index (χ0v) is 13.6. The second-order valence-electron chi connectivity index (χ2n) is 5.66. The summed E-state index contributed by atoms with van der Waals surface area (Å²) in [7, 11) is 0. The van der Waals surface area contributed by atoms with Crippen molar-refractivity contribution in [2.75, 3.05) is 6.54 Å². The van der Waals surface area contributed by atoms with Crippen molar-refractivity contribution in [1.29, 1.82) is 5.26 Å². The summed E-state index contributed by atoms with van der Waals surface area (Å²) in [6.45, 7) is 4.20. The van der Waals surface area contributed by atoms with E-state index < -0.39 is 11.5 Å². The van der Waals surface area contributed by atoms with Gasteiger partial charge < -0.3 is 0 Å². The second-order valence-corrected chi connectivity index (χ2v) is 5.66. The van der Waals surface area contributed by atoms with Crippen LogP contribution in [0.15, 0.2) is 35.3 Å². The molecule has 1 unspecified atom stereocenters. The second kappa shape index (κ2) is 7.11. The van der Waals surface area contributed by atoms with Crippen LogP contribution in [0.1, 0.15) is 38.7 Å². The minimum atomic E-state index is -0.539. The van der Waals surface area contributed by atoms with Crippen LogP contribution in [0.3, 0.4) is 0 Å². The van der Waals surface area contributed by atoms with Crippen LogP contribution in [0.25, 0.3) is 0 Å². The van der Waals surface area contributed by atoms with E-state index in [9.17, 15) is 4.79 Å². The van der Waals surface area contributed by atoms with E-state index in [0.717, 1.165) is 5.56 Å². The van der Waals surface area contributed by atoms with Crippen LogP contribution in [0.5, 0.6) is 0 Å². The maximum absolute atomic E-state index is 13.0. The van der Waals surface area contributed by atoms with Crippen molar-refractivity contribution in [3.63, 3.8) is 0 Å². The highest BCUT2D eigenvalue weighted by Gasteiger charge is 2.47. The Morgan fingerprint density at radius 2 is 1.96 bits per heavy atom. The van der Waals surface area contributed by atoms with E-state index in [4.69, 9.17) is 16.7 Å². The maximum atomic E-state index is 13.0. The van der Waals surface area contributed by atoms with E-state index in [1.54, 1.807) is 4.90 Å². The summed E-state index contributed by atoms with van der Waals surface area (Å²) in [6, 6.07) is 11.7. The summed E-state index contributed by atoms with van der Waals surface area (Å²) in [5.74, 6) is 2.62. The Morgan fingerprint density at radius 3 is 2.48 bits per heavy atom. The summed E-state index contributed by atoms with van der Waals surface area (Å²) < 4.78 is 0. The number of hydrogen-bond donors (Lipinski definition) is 0. The minimum absolute atomic E-state index is 0.0953. The van der Waals surface area contributed by atoms with Crippen LogP contribution >= 0.6 is 0 Å². The molecule has 0 saturated heterocycles. The maximum Gasteiger partial charge on any atom is 0.235 e. The highest BCUT2D eigenvalue weighted by Crippen LogP contribution is 2.38. The van der Waals surface area contributed by atoms with E-state index in [1.807, 2.05) is 44.2 Å². The number of rotatable bonds is 5. The summed E-state index contributed by atoms with van der Waals surface area (Å²) in [4.78, 5) is 19.5. The molecular weight excluding hydrogens is 286 g/mol. The van der Waals surface area contributed by atoms with Crippen LogP contribution in [-0.4, -0.2) is 28.7 Å². The van der Waals surface area contributed by atoms with Gasteiger partial charge in [0.1, 0.15) is 5.84 Å². The summed E-state index contributed by atoms with van der Waals surface area (Å²) in [5.41, 5.74) is 0.334. The summed E-state index contributed by atoms with van der Waals surface area (Å²) in [5, 5.41) is 9.15. The first kappa shape index (κ1) is 16.8. The Balaban J connectivity index is 2.63. The van der Waals surface area contributed by atoms with Crippen LogP contribution < -0.4 is 0 Å². The molecule has 0 bridgehead atoms. The third-order valence-corrected chi connectivity index (χ3v) is 4.60. The van der Waals surface area contributed by atoms with Crippen molar-refractivity contribution in [2.24, 2.45) is 10.9 Å². The Labute approximate surface area is 137 Å². The first-order valence-electron chi connectivity index (χ1n) is 7.90. The van der Waals surface area contributed by atoms with Gasteiger partial charge in [-0.25, -0.2) is 0 Å². The first-order valence-corrected chi connectivity index (χ1v) is 7.90. The highest BCUT2D eigenvalue weighted by molar-refractivity contribution is 6.10. The zero-order chi connectivity index (χ0) is 16.9. The molecular formula is C19H21N3O. The first-order chi connectivity index (χ1) is 11.1. The number of carbonyl (C=O) groups is 1. The molecule has 0 aromatic heterocycles. The predicted molar refractivity (Wildman–Crippen MR) is 90.6 cm³/mol. The molecule has 23 heavy (non-hydrogen) atoms. The van der Waals surface area contributed by atoms with Crippen molar-refractivity contribution in [3.8, 4) is 18.4 Å². The van der Waals surface area contributed by atoms with Gasteiger partial charge in [0.2, 0.25) is 5.91 Å². The number of aliphatic imine (C=N–C) groups is 1. The zero-order valence-electron chi connectivity index (χ0n) is 13.6. The van der Waals surface area contributed by atoms with Crippen LogP contribution in [0.2, 0.25) is 0 Å². The Hall–Kier alpha value is -2.59. The van der Waals surface area contributed by atoms with E-state index >= 15 is 0 Å². The standard InChI is InChI=1S/C19H21N3O/c1-4-14-22-17(15-10-8-7-9-11-15)21-19(5-2,6-3)16(12-13-20)18(22)23/h1,7-11,16H,5-6,12,14H2,2-3H3. The molecule has 0 saturated carbocycles. The fourth-order valence-electron chi connectivity index (χ4n) is 3.19. The Morgan fingerprint density at radius 1 is 1.30 bits per heavy atom. The van der Waals surface area contributed by atoms with Gasteiger partial charge in [-0.2, -0.15) is 5.26 Å². The smallest absolute Gasteiger partial charge is 0.235 e. The lowest BCUT2D eigenvalue weighted by atomic mass is 9.75. The molecule has 4 nitrogen and oxygen atoms in total. The highest BCUT2D eigenvalue weighted by atomic mass is 16.2. The van der Waals surface area contributed by atoms with Gasteiger partial charge in [-0.3, -0.25) is 14.7 Å². The number of carbonyl (C=O) groups excluding carboxylic acids is 1. The quantitative estimate of drug-likeness (QED) is 0.785. The third-order valence-electron chi connectivity index (χ3n) is 4.60. The molecule has 1 aliphatic heterocycles.